The molecule has 164 valence electrons. The quantitative estimate of drug-likeness (QED) is 0.698. The topological polar surface area (TPSA) is 110 Å². The lowest BCUT2D eigenvalue weighted by atomic mass is 9.98. The van der Waals surface area contributed by atoms with Gasteiger partial charge in [-0.25, -0.2) is 0 Å². The predicted molar refractivity (Wildman–Crippen MR) is 104 cm³/mol. The van der Waals surface area contributed by atoms with Gasteiger partial charge in [0.1, 0.15) is 5.69 Å². The predicted octanol–water partition coefficient (Wildman–Crippen LogP) is 2.72. The molecule has 7 nitrogen and oxygen atoms in total. The molecule has 1 aromatic carbocycles. The van der Waals surface area contributed by atoms with Crippen LogP contribution in [0.5, 0.6) is 0 Å². The largest absolute Gasteiger partial charge is 0.416 e. The Kier molecular flexibility index (Phi) is 7.99. The highest BCUT2D eigenvalue weighted by atomic mass is 19.4. The van der Waals surface area contributed by atoms with Gasteiger partial charge in [0.05, 0.1) is 18.2 Å². The molecular weight excluding hydrogens is 401 g/mol. The third-order valence-corrected chi connectivity index (χ3v) is 4.65. The van der Waals surface area contributed by atoms with Gasteiger partial charge in [0.2, 0.25) is 0 Å². The standard InChI is InChI=1S/C14H13F3N4O2.C6H12O/c1-19-13(23)10-6-11(12(18)22)21(20-10)7-8-3-2-4-9(5-8)14(15,16)17;7-6-4-2-1-3-5-6/h2-6H,7H2,1H3,(H2,18,22)(H,19,23);6-7H,1-5H2. The maximum absolute atomic E-state index is 12.7. The van der Waals surface area contributed by atoms with Crippen molar-refractivity contribution >= 4 is 11.8 Å². The lowest BCUT2D eigenvalue weighted by Gasteiger charge is -2.14. The molecule has 2 amide bonds. The number of halogens is 3. The minimum Gasteiger partial charge on any atom is -0.393 e. The Morgan fingerprint density at radius 2 is 1.90 bits per heavy atom. The lowest BCUT2D eigenvalue weighted by Crippen LogP contribution is -2.19. The Bertz CT molecular complexity index is 874. The number of amides is 2. The van der Waals surface area contributed by atoms with Crippen LogP contribution in [0.25, 0.3) is 0 Å². The van der Waals surface area contributed by atoms with Crippen LogP contribution in [0.2, 0.25) is 0 Å². The van der Waals surface area contributed by atoms with Crippen LogP contribution >= 0.6 is 0 Å². The zero-order valence-corrected chi connectivity index (χ0v) is 16.6. The summed E-state index contributed by atoms with van der Waals surface area (Å²) in [7, 11) is 1.39. The average Bonchev–Trinajstić information content (AvgIpc) is 3.12. The molecule has 1 saturated carbocycles. The summed E-state index contributed by atoms with van der Waals surface area (Å²) in [5.74, 6) is -1.37. The molecule has 1 aliphatic rings. The molecule has 2 aromatic rings. The number of aliphatic hydroxyl groups is 1. The highest BCUT2D eigenvalue weighted by Gasteiger charge is 2.30. The normalized spacial score (nSPS) is 14.6. The number of primary amides is 1. The summed E-state index contributed by atoms with van der Waals surface area (Å²) >= 11 is 0. The SMILES string of the molecule is CNC(=O)c1cc(C(N)=O)n(Cc2cccc(C(F)(F)F)c2)n1.OC1CCCCC1. The molecule has 30 heavy (non-hydrogen) atoms. The molecule has 1 heterocycles. The summed E-state index contributed by atoms with van der Waals surface area (Å²) in [5.41, 5.74) is 4.56. The van der Waals surface area contributed by atoms with Gasteiger partial charge in [-0.3, -0.25) is 14.3 Å². The Morgan fingerprint density at radius 1 is 1.23 bits per heavy atom. The molecule has 10 heteroatoms. The number of alkyl halides is 3. The van der Waals surface area contributed by atoms with Gasteiger partial charge in [0.15, 0.2) is 5.69 Å². The summed E-state index contributed by atoms with van der Waals surface area (Å²) < 4.78 is 39.3. The van der Waals surface area contributed by atoms with E-state index < -0.39 is 23.6 Å². The molecule has 0 radical (unpaired) electrons. The second-order valence-corrected chi connectivity index (χ2v) is 7.01. The molecule has 0 aliphatic heterocycles. The molecule has 0 unspecified atom stereocenters. The van der Waals surface area contributed by atoms with Gasteiger partial charge in [-0.05, 0) is 30.5 Å². The second-order valence-electron chi connectivity index (χ2n) is 7.01. The highest BCUT2D eigenvalue weighted by molar-refractivity contribution is 5.97. The molecule has 0 atom stereocenters. The fraction of sp³-hybridized carbons (Fsp3) is 0.450. The molecule has 1 aliphatic carbocycles. The maximum Gasteiger partial charge on any atom is 0.416 e. The molecule has 0 saturated heterocycles. The maximum atomic E-state index is 12.7. The van der Waals surface area contributed by atoms with Gasteiger partial charge >= 0.3 is 6.18 Å². The number of hydrogen-bond donors (Lipinski definition) is 3. The smallest absolute Gasteiger partial charge is 0.393 e. The Labute approximate surface area is 172 Å². The van der Waals surface area contributed by atoms with Gasteiger partial charge in [0.25, 0.3) is 11.8 Å². The molecular formula is C20H25F3N4O3. The van der Waals surface area contributed by atoms with E-state index >= 15 is 0 Å². The summed E-state index contributed by atoms with van der Waals surface area (Å²) in [5, 5.41) is 15.2. The van der Waals surface area contributed by atoms with E-state index in [9.17, 15) is 22.8 Å². The van der Waals surface area contributed by atoms with Gasteiger partial charge < -0.3 is 16.2 Å². The summed E-state index contributed by atoms with van der Waals surface area (Å²) in [6.07, 6.45) is 1.45. The summed E-state index contributed by atoms with van der Waals surface area (Å²) in [6.45, 7) is -0.126. The Hall–Kier alpha value is -2.88. The van der Waals surface area contributed by atoms with Gasteiger partial charge in [0, 0.05) is 13.1 Å². The van der Waals surface area contributed by atoms with Crippen LogP contribution in [-0.2, 0) is 12.7 Å². The summed E-state index contributed by atoms with van der Waals surface area (Å²) in [6, 6.07) is 5.80. The third kappa shape index (κ3) is 6.58. The van der Waals surface area contributed by atoms with Crippen molar-refractivity contribution in [1.29, 1.82) is 0 Å². The summed E-state index contributed by atoms with van der Waals surface area (Å²) in [4.78, 5) is 23.0. The fourth-order valence-corrected chi connectivity index (χ4v) is 3.07. The first kappa shape index (κ1) is 23.4. The van der Waals surface area contributed by atoms with Gasteiger partial charge in [-0.1, -0.05) is 31.4 Å². The highest BCUT2D eigenvalue weighted by Crippen LogP contribution is 2.29. The van der Waals surface area contributed by atoms with Crippen LogP contribution in [0.4, 0.5) is 13.2 Å². The van der Waals surface area contributed by atoms with Crippen molar-refractivity contribution < 1.29 is 27.9 Å². The second kappa shape index (κ2) is 10.2. The van der Waals surface area contributed by atoms with Crippen molar-refractivity contribution in [3.8, 4) is 0 Å². The molecule has 3 rings (SSSR count). The van der Waals surface area contributed by atoms with E-state index in [1.165, 1.54) is 44.5 Å². The zero-order valence-electron chi connectivity index (χ0n) is 16.6. The van der Waals surface area contributed by atoms with Gasteiger partial charge in [-0.15, -0.1) is 0 Å². The van der Waals surface area contributed by atoms with Crippen molar-refractivity contribution in [2.75, 3.05) is 7.05 Å². The first-order valence-corrected chi connectivity index (χ1v) is 9.55. The lowest BCUT2D eigenvalue weighted by molar-refractivity contribution is -0.137. The van der Waals surface area contributed by atoms with Crippen molar-refractivity contribution in [2.45, 2.75) is 50.9 Å². The number of nitrogens with two attached hydrogens (primary N) is 1. The number of nitrogens with one attached hydrogen (secondary N) is 1. The molecule has 1 aromatic heterocycles. The van der Waals surface area contributed by atoms with E-state index in [4.69, 9.17) is 10.8 Å². The van der Waals surface area contributed by atoms with E-state index in [0.717, 1.165) is 29.7 Å². The Morgan fingerprint density at radius 3 is 2.40 bits per heavy atom. The number of rotatable bonds is 4. The number of aliphatic hydroxyl groups excluding tert-OH is 1. The molecule has 1 fully saturated rings. The third-order valence-electron chi connectivity index (χ3n) is 4.65. The van der Waals surface area contributed by atoms with E-state index in [2.05, 4.69) is 10.4 Å². The van der Waals surface area contributed by atoms with E-state index in [-0.39, 0.29) is 29.6 Å². The first-order chi connectivity index (χ1) is 14.1. The van der Waals surface area contributed by atoms with Gasteiger partial charge in [-0.2, -0.15) is 18.3 Å². The number of hydrogen-bond acceptors (Lipinski definition) is 4. The van der Waals surface area contributed by atoms with E-state index in [1.54, 1.807) is 0 Å². The van der Waals surface area contributed by atoms with Crippen molar-refractivity contribution in [1.82, 2.24) is 15.1 Å². The Balaban J connectivity index is 0.000000386. The number of carbonyl (C=O) groups is 2. The van der Waals surface area contributed by atoms with Crippen LogP contribution in [-0.4, -0.2) is 39.9 Å². The monoisotopic (exact) mass is 426 g/mol. The molecule has 0 bridgehead atoms. The number of carbonyl (C=O) groups excluding carboxylic acids is 2. The average molecular weight is 426 g/mol. The van der Waals surface area contributed by atoms with Crippen LogP contribution in [0.15, 0.2) is 30.3 Å². The minimum atomic E-state index is -4.47. The van der Waals surface area contributed by atoms with Crippen molar-refractivity contribution in [2.24, 2.45) is 5.73 Å². The van der Waals surface area contributed by atoms with Crippen LogP contribution in [0, 0.1) is 0 Å². The van der Waals surface area contributed by atoms with Crippen LogP contribution in [0.3, 0.4) is 0 Å². The molecule has 0 spiro atoms. The van der Waals surface area contributed by atoms with Crippen LogP contribution in [0.1, 0.15) is 64.2 Å². The minimum absolute atomic E-state index is 0.0359. The van der Waals surface area contributed by atoms with Crippen LogP contribution < -0.4 is 11.1 Å². The number of aromatic nitrogens is 2. The van der Waals surface area contributed by atoms with E-state index in [1.807, 2.05) is 0 Å². The fourth-order valence-electron chi connectivity index (χ4n) is 3.07. The number of benzene rings is 1. The molecule has 4 N–H and O–H groups in total. The van der Waals surface area contributed by atoms with E-state index in [0.29, 0.717) is 0 Å². The number of nitrogens with zero attached hydrogens (tertiary/aromatic N) is 2. The van der Waals surface area contributed by atoms with Crippen molar-refractivity contribution in [3.63, 3.8) is 0 Å². The zero-order chi connectivity index (χ0) is 22.3. The van der Waals surface area contributed by atoms with Crippen molar-refractivity contribution in [3.05, 3.63) is 52.8 Å². The first-order valence-electron chi connectivity index (χ1n) is 9.55.